The first-order valence-corrected chi connectivity index (χ1v) is 14.4. The van der Waals surface area contributed by atoms with Crippen molar-refractivity contribution in [3.05, 3.63) is 47.5 Å². The van der Waals surface area contributed by atoms with Gasteiger partial charge in [-0.3, -0.25) is 9.36 Å². The normalized spacial score (nSPS) is 15.8. The van der Waals surface area contributed by atoms with Crippen molar-refractivity contribution in [3.63, 3.8) is 0 Å². The van der Waals surface area contributed by atoms with Gasteiger partial charge in [0.15, 0.2) is 0 Å². The minimum absolute atomic E-state index is 0.0299. The van der Waals surface area contributed by atoms with Crippen molar-refractivity contribution in [2.24, 2.45) is 5.90 Å². The molecule has 0 aliphatic carbocycles. The summed E-state index contributed by atoms with van der Waals surface area (Å²) in [7, 11) is -3.21. The molecule has 3 rings (SSSR count). The van der Waals surface area contributed by atoms with Gasteiger partial charge in [-0.1, -0.05) is 18.2 Å². The highest BCUT2D eigenvalue weighted by Gasteiger charge is 2.14. The summed E-state index contributed by atoms with van der Waals surface area (Å²) >= 11 is 0. The van der Waals surface area contributed by atoms with Crippen molar-refractivity contribution in [1.29, 1.82) is 5.26 Å². The standard InChI is InChI=1S/C26H35N4O6P/c1-37(32,36-28)35-16-15-34-14-13-33-12-9-29-26(31)24(20-27)18-21-5-6-23-19-25(8-7-22(23)17-21)30-10-3-2-4-11-30/h5-8,17-19H,2-4,9-16,28H2,1H3,(H,29,31)/b24-18+. The number of ether oxygens (including phenoxy) is 2. The number of anilines is 1. The van der Waals surface area contributed by atoms with E-state index in [2.05, 4.69) is 33.0 Å². The van der Waals surface area contributed by atoms with Crippen LogP contribution in [0.3, 0.4) is 0 Å². The number of rotatable bonds is 14. The van der Waals surface area contributed by atoms with Crippen molar-refractivity contribution < 1.29 is 28.0 Å². The molecule has 37 heavy (non-hydrogen) atoms. The zero-order valence-corrected chi connectivity index (χ0v) is 22.1. The molecule has 1 saturated heterocycles. The topological polar surface area (TPSA) is 136 Å². The number of nitriles is 1. The van der Waals surface area contributed by atoms with E-state index in [1.807, 2.05) is 24.3 Å². The Morgan fingerprint density at radius 3 is 2.46 bits per heavy atom. The second-order valence-corrected chi connectivity index (χ2v) is 10.7. The Morgan fingerprint density at radius 1 is 1.05 bits per heavy atom. The number of nitrogens with zero attached hydrogens (tertiary/aromatic N) is 2. The average molecular weight is 531 g/mol. The Morgan fingerprint density at radius 2 is 1.73 bits per heavy atom. The van der Waals surface area contributed by atoms with Gasteiger partial charge in [0.05, 0.1) is 33.0 Å². The summed E-state index contributed by atoms with van der Waals surface area (Å²) in [5, 5.41) is 14.4. The molecule has 10 nitrogen and oxygen atoms in total. The number of amides is 1. The van der Waals surface area contributed by atoms with Gasteiger partial charge in [0.2, 0.25) is 0 Å². The van der Waals surface area contributed by atoms with Crippen LogP contribution < -0.4 is 16.1 Å². The predicted molar refractivity (Wildman–Crippen MR) is 143 cm³/mol. The molecule has 200 valence electrons. The molecule has 0 saturated carbocycles. The Balaban J connectivity index is 1.40. The van der Waals surface area contributed by atoms with E-state index in [1.54, 1.807) is 6.08 Å². The molecule has 2 aromatic carbocycles. The van der Waals surface area contributed by atoms with Gasteiger partial charge < -0.3 is 24.2 Å². The SMILES string of the molecule is CP(=O)(ON)OCCOCCOCCNC(=O)/C(C#N)=C/c1ccc2cc(N3CCCCC3)ccc2c1. The molecule has 0 aromatic heterocycles. The third-order valence-corrected chi connectivity index (χ3v) is 6.93. The summed E-state index contributed by atoms with van der Waals surface area (Å²) in [6.45, 7) is 4.89. The molecule has 0 spiro atoms. The first-order chi connectivity index (χ1) is 17.9. The molecule has 1 atom stereocenters. The zero-order valence-electron chi connectivity index (χ0n) is 21.2. The first kappa shape index (κ1) is 28.8. The number of nitrogens with one attached hydrogen (secondary N) is 1. The van der Waals surface area contributed by atoms with E-state index in [9.17, 15) is 14.6 Å². The highest BCUT2D eigenvalue weighted by molar-refractivity contribution is 7.52. The van der Waals surface area contributed by atoms with Crippen LogP contribution in [-0.4, -0.2) is 65.2 Å². The predicted octanol–water partition coefficient (Wildman–Crippen LogP) is 3.62. The van der Waals surface area contributed by atoms with Crippen LogP contribution in [0.25, 0.3) is 16.8 Å². The van der Waals surface area contributed by atoms with Crippen LogP contribution in [0.2, 0.25) is 0 Å². The third kappa shape index (κ3) is 9.56. The maximum absolute atomic E-state index is 12.4. The second kappa shape index (κ2) is 14.8. The van der Waals surface area contributed by atoms with Crippen LogP contribution in [-0.2, 0) is 28.0 Å². The molecule has 1 unspecified atom stereocenters. The van der Waals surface area contributed by atoms with Gasteiger partial charge >= 0.3 is 7.60 Å². The molecule has 11 heteroatoms. The molecule has 1 amide bonds. The first-order valence-electron chi connectivity index (χ1n) is 12.4. The Labute approximate surface area is 217 Å². The van der Waals surface area contributed by atoms with E-state index in [0.29, 0.717) is 13.2 Å². The number of nitrogens with two attached hydrogens (primary N) is 1. The number of benzene rings is 2. The van der Waals surface area contributed by atoms with Gasteiger partial charge in [-0.05, 0) is 59.9 Å². The summed E-state index contributed by atoms with van der Waals surface area (Å²) < 4.78 is 31.3. The van der Waals surface area contributed by atoms with Crippen LogP contribution in [0.4, 0.5) is 5.69 Å². The van der Waals surface area contributed by atoms with E-state index in [4.69, 9.17) is 19.9 Å². The van der Waals surface area contributed by atoms with Crippen LogP contribution in [0.15, 0.2) is 42.0 Å². The highest BCUT2D eigenvalue weighted by atomic mass is 31.2. The summed E-state index contributed by atoms with van der Waals surface area (Å²) in [5.74, 6) is 4.39. The molecule has 2 aromatic rings. The van der Waals surface area contributed by atoms with Crippen LogP contribution >= 0.6 is 7.60 Å². The van der Waals surface area contributed by atoms with E-state index >= 15 is 0 Å². The lowest BCUT2D eigenvalue weighted by molar-refractivity contribution is -0.117. The van der Waals surface area contributed by atoms with Gasteiger partial charge in [0, 0.05) is 32.0 Å². The summed E-state index contributed by atoms with van der Waals surface area (Å²) in [6.07, 6.45) is 5.35. The summed E-state index contributed by atoms with van der Waals surface area (Å²) in [4.78, 5) is 14.9. The molecule has 3 N–H and O–H groups in total. The Kier molecular flexibility index (Phi) is 11.5. The summed E-state index contributed by atoms with van der Waals surface area (Å²) in [5.41, 5.74) is 2.06. The fraction of sp³-hybridized carbons (Fsp3) is 0.462. The lowest BCUT2D eigenvalue weighted by Crippen LogP contribution is -2.29. The van der Waals surface area contributed by atoms with Crippen molar-refractivity contribution in [2.75, 3.05) is 64.2 Å². The summed E-state index contributed by atoms with van der Waals surface area (Å²) in [6, 6.07) is 14.3. The minimum atomic E-state index is -3.21. The average Bonchev–Trinajstić information content (AvgIpc) is 2.92. The van der Waals surface area contributed by atoms with Crippen LogP contribution in [0, 0.1) is 11.3 Å². The van der Waals surface area contributed by atoms with Crippen LogP contribution in [0.1, 0.15) is 24.8 Å². The number of piperidine rings is 1. The second-order valence-electron chi connectivity index (χ2n) is 8.70. The van der Waals surface area contributed by atoms with E-state index < -0.39 is 13.5 Å². The Hall–Kier alpha value is -2.77. The Bertz CT molecular complexity index is 1160. The smallest absolute Gasteiger partial charge is 0.343 e. The lowest BCUT2D eigenvalue weighted by atomic mass is 10.0. The molecular formula is C26H35N4O6P. The van der Waals surface area contributed by atoms with Crippen molar-refractivity contribution in [2.45, 2.75) is 19.3 Å². The van der Waals surface area contributed by atoms with E-state index in [0.717, 1.165) is 29.4 Å². The van der Waals surface area contributed by atoms with Gasteiger partial charge in [-0.15, -0.1) is 0 Å². The number of fused-ring (bicyclic) bond motifs is 1. The highest BCUT2D eigenvalue weighted by Crippen LogP contribution is 2.41. The van der Waals surface area contributed by atoms with Gasteiger partial charge in [-0.2, -0.15) is 5.26 Å². The lowest BCUT2D eigenvalue weighted by Gasteiger charge is -2.29. The zero-order chi connectivity index (χ0) is 26.5. The monoisotopic (exact) mass is 530 g/mol. The molecule has 1 heterocycles. The number of hydrogen-bond acceptors (Lipinski definition) is 9. The van der Waals surface area contributed by atoms with E-state index in [1.165, 1.54) is 31.6 Å². The van der Waals surface area contributed by atoms with Crippen LogP contribution in [0.5, 0.6) is 0 Å². The fourth-order valence-corrected chi connectivity index (χ4v) is 4.42. The minimum Gasteiger partial charge on any atom is -0.377 e. The maximum Gasteiger partial charge on any atom is 0.343 e. The maximum atomic E-state index is 12.4. The molecule has 0 radical (unpaired) electrons. The fourth-order valence-electron chi connectivity index (χ4n) is 3.95. The quantitative estimate of drug-likeness (QED) is 0.123. The van der Waals surface area contributed by atoms with Crippen molar-refractivity contribution >= 4 is 36.0 Å². The van der Waals surface area contributed by atoms with Gasteiger partial charge in [-0.25, -0.2) is 10.5 Å². The number of carbonyl (C=O) groups excluding carboxylic acids is 1. The van der Waals surface area contributed by atoms with Gasteiger partial charge in [0.1, 0.15) is 11.6 Å². The third-order valence-electron chi connectivity index (χ3n) is 5.89. The van der Waals surface area contributed by atoms with Crippen molar-refractivity contribution in [3.8, 4) is 6.07 Å². The molecule has 1 aliphatic heterocycles. The molecular weight excluding hydrogens is 495 g/mol. The van der Waals surface area contributed by atoms with Crippen molar-refractivity contribution in [1.82, 2.24) is 5.32 Å². The number of carbonyl (C=O) groups is 1. The molecule has 1 aliphatic rings. The largest absolute Gasteiger partial charge is 0.377 e. The van der Waals surface area contributed by atoms with Gasteiger partial charge in [0.25, 0.3) is 5.91 Å². The number of hydrogen-bond donors (Lipinski definition) is 2. The van der Waals surface area contributed by atoms with E-state index in [-0.39, 0.29) is 31.9 Å². The molecule has 1 fully saturated rings. The molecule has 0 bridgehead atoms.